The number of halogens is 1. The van der Waals surface area contributed by atoms with Crippen LogP contribution >= 0.6 is 15.9 Å². The van der Waals surface area contributed by atoms with Gasteiger partial charge in [0.25, 0.3) is 5.91 Å². The monoisotopic (exact) mass is 307 g/mol. The van der Waals surface area contributed by atoms with Crippen molar-refractivity contribution in [3.8, 4) is 0 Å². The van der Waals surface area contributed by atoms with Crippen molar-refractivity contribution in [3.63, 3.8) is 0 Å². The standard InChI is InChI=1S/C13H14BrN3O/c1-9-3-4-10(7-11(9)14)13(18)16-8-12-15-5-6-17(12)2/h3-7H,8H2,1-2H3,(H,16,18). The van der Waals surface area contributed by atoms with Gasteiger partial charge < -0.3 is 9.88 Å². The molecule has 0 saturated heterocycles. The third-order valence-corrected chi connectivity index (χ3v) is 3.62. The highest BCUT2D eigenvalue weighted by Crippen LogP contribution is 2.17. The van der Waals surface area contributed by atoms with Gasteiger partial charge in [-0.1, -0.05) is 22.0 Å². The third kappa shape index (κ3) is 2.79. The second kappa shape index (κ2) is 5.35. The van der Waals surface area contributed by atoms with Gasteiger partial charge >= 0.3 is 0 Å². The van der Waals surface area contributed by atoms with E-state index in [4.69, 9.17) is 0 Å². The van der Waals surface area contributed by atoms with Crippen LogP contribution in [-0.4, -0.2) is 15.5 Å². The molecular formula is C13H14BrN3O. The first-order valence-electron chi connectivity index (χ1n) is 5.58. The highest BCUT2D eigenvalue weighted by atomic mass is 79.9. The molecule has 1 aromatic carbocycles. The van der Waals surface area contributed by atoms with E-state index >= 15 is 0 Å². The van der Waals surface area contributed by atoms with Crippen LogP contribution in [0.5, 0.6) is 0 Å². The predicted molar refractivity (Wildman–Crippen MR) is 73.3 cm³/mol. The average molecular weight is 308 g/mol. The van der Waals surface area contributed by atoms with Crippen LogP contribution in [0, 0.1) is 6.92 Å². The van der Waals surface area contributed by atoms with Crippen LogP contribution in [0.2, 0.25) is 0 Å². The molecule has 18 heavy (non-hydrogen) atoms. The number of imidazole rings is 1. The van der Waals surface area contributed by atoms with Gasteiger partial charge in [0, 0.05) is 29.5 Å². The maximum Gasteiger partial charge on any atom is 0.251 e. The van der Waals surface area contributed by atoms with Crippen LogP contribution in [0.15, 0.2) is 35.1 Å². The molecule has 0 radical (unpaired) electrons. The molecule has 0 atom stereocenters. The summed E-state index contributed by atoms with van der Waals surface area (Å²) in [5, 5.41) is 2.85. The van der Waals surface area contributed by atoms with E-state index in [9.17, 15) is 4.79 Å². The molecule has 1 N–H and O–H groups in total. The van der Waals surface area contributed by atoms with Crippen LogP contribution in [0.3, 0.4) is 0 Å². The first kappa shape index (κ1) is 12.8. The zero-order valence-corrected chi connectivity index (χ0v) is 11.9. The van der Waals surface area contributed by atoms with Gasteiger partial charge in [0.05, 0.1) is 6.54 Å². The molecule has 4 nitrogen and oxygen atoms in total. The number of rotatable bonds is 3. The van der Waals surface area contributed by atoms with Gasteiger partial charge in [-0.05, 0) is 24.6 Å². The number of amides is 1. The minimum atomic E-state index is -0.0984. The number of nitrogens with zero attached hydrogens (tertiary/aromatic N) is 2. The van der Waals surface area contributed by atoms with Gasteiger partial charge in [-0.2, -0.15) is 0 Å². The van der Waals surface area contributed by atoms with Crippen molar-refractivity contribution in [2.75, 3.05) is 0 Å². The Bertz CT molecular complexity index is 577. The second-order valence-corrected chi connectivity index (χ2v) is 4.96. The lowest BCUT2D eigenvalue weighted by molar-refractivity contribution is 0.0949. The Morgan fingerprint density at radius 1 is 1.50 bits per heavy atom. The summed E-state index contributed by atoms with van der Waals surface area (Å²) in [6.07, 6.45) is 3.56. The Kier molecular flexibility index (Phi) is 3.81. The summed E-state index contributed by atoms with van der Waals surface area (Å²) in [5.41, 5.74) is 1.75. The van der Waals surface area contributed by atoms with Gasteiger partial charge in [0.15, 0.2) is 0 Å². The Hall–Kier alpha value is -1.62. The summed E-state index contributed by atoms with van der Waals surface area (Å²) < 4.78 is 2.82. The van der Waals surface area contributed by atoms with Gasteiger partial charge in [0.2, 0.25) is 0 Å². The fourth-order valence-electron chi connectivity index (χ4n) is 1.56. The molecule has 0 bridgehead atoms. The summed E-state index contributed by atoms with van der Waals surface area (Å²) in [7, 11) is 1.90. The maximum absolute atomic E-state index is 11.9. The first-order chi connectivity index (χ1) is 8.58. The normalized spacial score (nSPS) is 10.4. The van der Waals surface area contributed by atoms with Crippen LogP contribution in [0.25, 0.3) is 0 Å². The second-order valence-electron chi connectivity index (χ2n) is 4.10. The number of carbonyl (C=O) groups excluding carboxylic acids is 1. The molecule has 5 heteroatoms. The molecule has 0 aliphatic rings. The number of aromatic nitrogens is 2. The molecule has 0 spiro atoms. The molecule has 2 aromatic rings. The Balaban J connectivity index is 2.04. The summed E-state index contributed by atoms with van der Waals surface area (Å²) in [6, 6.07) is 5.55. The van der Waals surface area contributed by atoms with E-state index < -0.39 is 0 Å². The lowest BCUT2D eigenvalue weighted by Gasteiger charge is -2.06. The van der Waals surface area contributed by atoms with Gasteiger partial charge in [0.1, 0.15) is 5.82 Å². The lowest BCUT2D eigenvalue weighted by Crippen LogP contribution is -2.24. The van der Waals surface area contributed by atoms with E-state index in [0.717, 1.165) is 15.9 Å². The van der Waals surface area contributed by atoms with Crippen LogP contribution < -0.4 is 5.32 Å². The Morgan fingerprint density at radius 2 is 2.28 bits per heavy atom. The minimum absolute atomic E-state index is 0.0984. The minimum Gasteiger partial charge on any atom is -0.345 e. The Labute approximate surface area is 114 Å². The number of nitrogens with one attached hydrogen (secondary N) is 1. The SMILES string of the molecule is Cc1ccc(C(=O)NCc2nccn2C)cc1Br. The molecule has 0 fully saturated rings. The predicted octanol–water partition coefficient (Wildman–Crippen LogP) is 2.42. The summed E-state index contributed by atoms with van der Waals surface area (Å²) in [6.45, 7) is 2.41. The molecule has 1 amide bonds. The van der Waals surface area contributed by atoms with Gasteiger partial charge in [-0.3, -0.25) is 4.79 Å². The topological polar surface area (TPSA) is 46.9 Å². The van der Waals surface area contributed by atoms with Crippen molar-refractivity contribution in [1.29, 1.82) is 0 Å². The molecule has 0 saturated carbocycles. The van der Waals surface area contributed by atoms with E-state index in [0.29, 0.717) is 12.1 Å². The van der Waals surface area contributed by atoms with Crippen LogP contribution in [0.4, 0.5) is 0 Å². The van der Waals surface area contributed by atoms with E-state index in [1.807, 2.05) is 42.9 Å². The van der Waals surface area contributed by atoms with Gasteiger partial charge in [-0.25, -0.2) is 4.98 Å². The summed E-state index contributed by atoms with van der Waals surface area (Å²) in [4.78, 5) is 16.1. The van der Waals surface area contributed by atoms with E-state index in [-0.39, 0.29) is 5.91 Å². The van der Waals surface area contributed by atoms with E-state index in [2.05, 4.69) is 26.2 Å². The largest absolute Gasteiger partial charge is 0.345 e. The van der Waals surface area contributed by atoms with E-state index in [1.165, 1.54) is 0 Å². The molecule has 94 valence electrons. The van der Waals surface area contributed by atoms with Crippen molar-refractivity contribution in [3.05, 3.63) is 52.0 Å². The van der Waals surface area contributed by atoms with Crippen molar-refractivity contribution >= 4 is 21.8 Å². The van der Waals surface area contributed by atoms with Gasteiger partial charge in [-0.15, -0.1) is 0 Å². The number of hydrogen-bond acceptors (Lipinski definition) is 2. The molecule has 2 rings (SSSR count). The fourth-order valence-corrected chi connectivity index (χ4v) is 1.94. The molecule has 1 heterocycles. The average Bonchev–Trinajstić information content (AvgIpc) is 2.75. The van der Waals surface area contributed by atoms with Crippen molar-refractivity contribution < 1.29 is 4.79 Å². The summed E-state index contributed by atoms with van der Waals surface area (Å²) in [5.74, 6) is 0.730. The van der Waals surface area contributed by atoms with E-state index in [1.54, 1.807) is 6.20 Å². The molecular weight excluding hydrogens is 294 g/mol. The number of aryl methyl sites for hydroxylation is 2. The van der Waals surface area contributed by atoms with Crippen molar-refractivity contribution in [1.82, 2.24) is 14.9 Å². The molecule has 0 aliphatic heterocycles. The number of benzene rings is 1. The zero-order chi connectivity index (χ0) is 13.1. The van der Waals surface area contributed by atoms with Crippen LogP contribution in [-0.2, 0) is 13.6 Å². The molecule has 0 unspecified atom stereocenters. The molecule has 0 aliphatic carbocycles. The maximum atomic E-state index is 11.9. The first-order valence-corrected chi connectivity index (χ1v) is 6.38. The third-order valence-electron chi connectivity index (χ3n) is 2.76. The summed E-state index contributed by atoms with van der Waals surface area (Å²) >= 11 is 3.42. The van der Waals surface area contributed by atoms with Crippen molar-refractivity contribution in [2.24, 2.45) is 7.05 Å². The lowest BCUT2D eigenvalue weighted by atomic mass is 10.1. The zero-order valence-electron chi connectivity index (χ0n) is 10.3. The number of carbonyl (C=O) groups is 1. The molecule has 1 aromatic heterocycles. The highest BCUT2D eigenvalue weighted by Gasteiger charge is 2.08. The Morgan fingerprint density at radius 3 is 2.89 bits per heavy atom. The smallest absolute Gasteiger partial charge is 0.251 e. The fraction of sp³-hybridized carbons (Fsp3) is 0.231. The van der Waals surface area contributed by atoms with Crippen LogP contribution in [0.1, 0.15) is 21.7 Å². The number of hydrogen-bond donors (Lipinski definition) is 1. The quantitative estimate of drug-likeness (QED) is 0.946. The highest BCUT2D eigenvalue weighted by molar-refractivity contribution is 9.10. The van der Waals surface area contributed by atoms with Crippen molar-refractivity contribution in [2.45, 2.75) is 13.5 Å².